The molecule has 1 N–H and O–H groups in total. The lowest BCUT2D eigenvalue weighted by molar-refractivity contribution is 0.543. The minimum Gasteiger partial charge on any atom is -0.306 e. The molecule has 0 amide bonds. The second-order valence-corrected chi connectivity index (χ2v) is 5.40. The van der Waals surface area contributed by atoms with Crippen molar-refractivity contribution in [2.24, 2.45) is 0 Å². The number of rotatable bonds is 4. The number of nitrogens with zero attached hydrogens (tertiary/aromatic N) is 1. The van der Waals surface area contributed by atoms with Crippen LogP contribution < -0.4 is 5.32 Å². The van der Waals surface area contributed by atoms with Gasteiger partial charge in [0.05, 0.1) is 11.6 Å². The van der Waals surface area contributed by atoms with Crippen molar-refractivity contribution >= 4 is 15.9 Å². The van der Waals surface area contributed by atoms with Crippen molar-refractivity contribution in [1.29, 1.82) is 5.26 Å². The van der Waals surface area contributed by atoms with Crippen molar-refractivity contribution in [1.82, 2.24) is 5.32 Å². The fourth-order valence-electron chi connectivity index (χ4n) is 1.96. The highest BCUT2D eigenvalue weighted by Gasteiger charge is 2.10. The minimum atomic E-state index is -0.351. The quantitative estimate of drug-likeness (QED) is 0.905. The first-order valence-electron chi connectivity index (χ1n) is 6.28. The SMILES string of the molecule is C[C@@H](NCc1ccc(C#N)cc1F)c1ccccc1Br. The maximum atomic E-state index is 13.8. The van der Waals surface area contributed by atoms with Crippen molar-refractivity contribution < 1.29 is 4.39 Å². The molecule has 0 fully saturated rings. The fourth-order valence-corrected chi connectivity index (χ4v) is 2.59. The molecule has 20 heavy (non-hydrogen) atoms. The second-order valence-electron chi connectivity index (χ2n) is 4.54. The number of hydrogen-bond donors (Lipinski definition) is 1. The van der Waals surface area contributed by atoms with Gasteiger partial charge in [-0.05, 0) is 30.7 Å². The molecule has 0 saturated heterocycles. The molecule has 0 unspecified atom stereocenters. The number of benzene rings is 2. The third kappa shape index (κ3) is 3.44. The molecule has 0 bridgehead atoms. The highest BCUT2D eigenvalue weighted by molar-refractivity contribution is 9.10. The molecule has 102 valence electrons. The summed E-state index contributed by atoms with van der Waals surface area (Å²) < 4.78 is 14.8. The molecule has 0 saturated carbocycles. The monoisotopic (exact) mass is 332 g/mol. The molecule has 0 heterocycles. The van der Waals surface area contributed by atoms with Crippen molar-refractivity contribution in [2.75, 3.05) is 0 Å². The Kier molecular flexibility index (Phi) is 4.89. The van der Waals surface area contributed by atoms with E-state index in [2.05, 4.69) is 21.2 Å². The maximum Gasteiger partial charge on any atom is 0.129 e. The number of nitriles is 1. The predicted octanol–water partition coefficient (Wildman–Crippen LogP) is 4.31. The third-order valence-corrected chi connectivity index (χ3v) is 3.87. The Balaban J connectivity index is 2.06. The molecule has 0 radical (unpaired) electrons. The Morgan fingerprint density at radius 1 is 1.30 bits per heavy atom. The molecule has 1 atom stereocenters. The summed E-state index contributed by atoms with van der Waals surface area (Å²) in [7, 11) is 0. The molecule has 0 spiro atoms. The summed E-state index contributed by atoms with van der Waals surface area (Å²) in [6.45, 7) is 2.45. The molecular formula is C16H14BrFN2. The van der Waals surface area contributed by atoms with Crippen molar-refractivity contribution in [3.8, 4) is 6.07 Å². The van der Waals surface area contributed by atoms with Crippen LogP contribution in [0, 0.1) is 17.1 Å². The van der Waals surface area contributed by atoms with E-state index in [0.29, 0.717) is 17.7 Å². The predicted molar refractivity (Wildman–Crippen MR) is 80.5 cm³/mol. The van der Waals surface area contributed by atoms with Crippen molar-refractivity contribution in [3.63, 3.8) is 0 Å². The summed E-state index contributed by atoms with van der Waals surface area (Å²) in [5, 5.41) is 12.0. The molecule has 4 heteroatoms. The minimum absolute atomic E-state index is 0.0978. The second kappa shape index (κ2) is 6.65. The molecule has 2 aromatic rings. The maximum absolute atomic E-state index is 13.8. The summed E-state index contributed by atoms with van der Waals surface area (Å²) in [4.78, 5) is 0. The van der Waals surface area contributed by atoms with Crippen LogP contribution in [0.15, 0.2) is 46.9 Å². The van der Waals surface area contributed by atoms with Crippen LogP contribution in [-0.2, 0) is 6.54 Å². The average molecular weight is 333 g/mol. The van der Waals surface area contributed by atoms with Crippen LogP contribution in [0.2, 0.25) is 0 Å². The Labute approximate surface area is 126 Å². The van der Waals surface area contributed by atoms with Crippen molar-refractivity contribution in [2.45, 2.75) is 19.5 Å². The molecule has 0 aliphatic rings. The van der Waals surface area contributed by atoms with E-state index in [1.807, 2.05) is 37.3 Å². The lowest BCUT2D eigenvalue weighted by Crippen LogP contribution is -2.19. The summed E-state index contributed by atoms with van der Waals surface area (Å²) >= 11 is 3.51. The van der Waals surface area contributed by atoms with Gasteiger partial charge in [0.2, 0.25) is 0 Å². The van der Waals surface area contributed by atoms with Crippen molar-refractivity contribution in [3.05, 3.63) is 69.4 Å². The Hall–Kier alpha value is -1.70. The Bertz CT molecular complexity index is 649. The highest BCUT2D eigenvalue weighted by atomic mass is 79.9. The lowest BCUT2D eigenvalue weighted by atomic mass is 10.1. The Morgan fingerprint density at radius 2 is 2.05 bits per heavy atom. The fraction of sp³-hybridized carbons (Fsp3) is 0.188. The number of hydrogen-bond acceptors (Lipinski definition) is 2. The van der Waals surface area contributed by atoms with Crippen LogP contribution in [0.1, 0.15) is 29.7 Å². The highest BCUT2D eigenvalue weighted by Crippen LogP contribution is 2.23. The van der Waals surface area contributed by atoms with Gasteiger partial charge in [-0.25, -0.2) is 4.39 Å². The molecule has 2 nitrogen and oxygen atoms in total. The van der Waals surface area contributed by atoms with Gasteiger partial charge in [-0.3, -0.25) is 0 Å². The third-order valence-electron chi connectivity index (χ3n) is 3.15. The summed E-state index contributed by atoms with van der Waals surface area (Å²) in [6, 6.07) is 14.5. The molecule has 0 aliphatic carbocycles. The summed E-state index contributed by atoms with van der Waals surface area (Å²) in [5.74, 6) is -0.351. The largest absolute Gasteiger partial charge is 0.306 e. The number of halogens is 2. The van der Waals surface area contributed by atoms with E-state index in [9.17, 15) is 4.39 Å². The molecule has 0 aromatic heterocycles. The van der Waals surface area contributed by atoms with E-state index in [-0.39, 0.29) is 11.9 Å². The van der Waals surface area contributed by atoms with Crippen LogP contribution in [0.3, 0.4) is 0 Å². The standard InChI is InChI=1S/C16H14BrFN2/c1-11(14-4-2-3-5-15(14)17)20-10-13-7-6-12(9-19)8-16(13)18/h2-8,11,20H,10H2,1H3/t11-/m1/s1. The van der Waals surface area contributed by atoms with Gasteiger partial charge in [0.15, 0.2) is 0 Å². The van der Waals surface area contributed by atoms with E-state index < -0.39 is 0 Å². The van der Waals surface area contributed by atoms with E-state index in [1.165, 1.54) is 6.07 Å². The molecule has 2 rings (SSSR count). The number of nitrogens with one attached hydrogen (secondary N) is 1. The molecule has 0 aliphatic heterocycles. The summed E-state index contributed by atoms with van der Waals surface area (Å²) in [6.07, 6.45) is 0. The van der Waals surface area contributed by atoms with Gasteiger partial charge >= 0.3 is 0 Å². The van der Waals surface area contributed by atoms with Gasteiger partial charge in [-0.1, -0.05) is 40.2 Å². The zero-order valence-electron chi connectivity index (χ0n) is 11.0. The van der Waals surface area contributed by atoms with Crippen LogP contribution >= 0.6 is 15.9 Å². The molecular weight excluding hydrogens is 319 g/mol. The van der Waals surface area contributed by atoms with Crippen LogP contribution in [0.4, 0.5) is 4.39 Å². The first kappa shape index (κ1) is 14.7. The summed E-state index contributed by atoms with van der Waals surface area (Å²) in [5.41, 5.74) is 2.02. The average Bonchev–Trinajstić information content (AvgIpc) is 2.46. The zero-order valence-corrected chi connectivity index (χ0v) is 12.6. The first-order chi connectivity index (χ1) is 9.61. The van der Waals surface area contributed by atoms with Crippen LogP contribution in [-0.4, -0.2) is 0 Å². The van der Waals surface area contributed by atoms with Gasteiger partial charge in [-0.2, -0.15) is 5.26 Å². The van der Waals surface area contributed by atoms with Gasteiger partial charge in [0, 0.05) is 22.6 Å². The van der Waals surface area contributed by atoms with E-state index in [1.54, 1.807) is 12.1 Å². The topological polar surface area (TPSA) is 35.8 Å². The first-order valence-corrected chi connectivity index (χ1v) is 7.07. The van der Waals surface area contributed by atoms with Gasteiger partial charge in [0.1, 0.15) is 5.82 Å². The molecule has 2 aromatic carbocycles. The normalized spacial score (nSPS) is 11.9. The van der Waals surface area contributed by atoms with Gasteiger partial charge < -0.3 is 5.32 Å². The van der Waals surface area contributed by atoms with E-state index >= 15 is 0 Å². The van der Waals surface area contributed by atoms with Gasteiger partial charge in [-0.15, -0.1) is 0 Å². The van der Waals surface area contributed by atoms with Crippen LogP contribution in [0.5, 0.6) is 0 Å². The Morgan fingerprint density at radius 3 is 2.70 bits per heavy atom. The zero-order chi connectivity index (χ0) is 14.5. The van der Waals surface area contributed by atoms with E-state index in [0.717, 1.165) is 10.0 Å². The van der Waals surface area contributed by atoms with Gasteiger partial charge in [0.25, 0.3) is 0 Å². The van der Waals surface area contributed by atoms with Crippen LogP contribution in [0.25, 0.3) is 0 Å². The lowest BCUT2D eigenvalue weighted by Gasteiger charge is -2.16. The smallest absolute Gasteiger partial charge is 0.129 e. The van der Waals surface area contributed by atoms with E-state index in [4.69, 9.17) is 5.26 Å².